The van der Waals surface area contributed by atoms with Crippen LogP contribution in [0.3, 0.4) is 0 Å². The van der Waals surface area contributed by atoms with Gasteiger partial charge in [-0.2, -0.15) is 5.26 Å². The van der Waals surface area contributed by atoms with Gasteiger partial charge in [0, 0.05) is 17.0 Å². The Kier molecular flexibility index (Phi) is 7.24. The number of hydrogen-bond acceptors (Lipinski definition) is 7. The number of benzene rings is 1. The summed E-state index contributed by atoms with van der Waals surface area (Å²) in [5, 5.41) is 21.2. The zero-order chi connectivity index (χ0) is 21.7. The molecule has 0 aliphatic carbocycles. The summed E-state index contributed by atoms with van der Waals surface area (Å²) in [4.78, 5) is 13.5. The molecule has 3 rings (SSSR count). The van der Waals surface area contributed by atoms with E-state index in [1.165, 1.54) is 22.2 Å². The summed E-state index contributed by atoms with van der Waals surface area (Å²) in [5.74, 6) is 2.28. The van der Waals surface area contributed by atoms with E-state index in [9.17, 15) is 10.1 Å². The minimum Gasteiger partial charge on any atom is -0.444 e. The minimum atomic E-state index is -0.258. The van der Waals surface area contributed by atoms with Crippen molar-refractivity contribution in [3.05, 3.63) is 52.5 Å². The quantitative estimate of drug-likeness (QED) is 0.506. The number of aryl methyl sites for hydroxylation is 2. The zero-order valence-electron chi connectivity index (χ0n) is 17.4. The van der Waals surface area contributed by atoms with Gasteiger partial charge in [-0.3, -0.25) is 10.1 Å². The van der Waals surface area contributed by atoms with Crippen molar-refractivity contribution in [2.24, 2.45) is 0 Å². The first-order valence-electron chi connectivity index (χ1n) is 9.47. The number of anilines is 1. The van der Waals surface area contributed by atoms with Crippen LogP contribution in [0.4, 0.5) is 5.88 Å². The fourth-order valence-corrected chi connectivity index (χ4v) is 4.43. The third kappa shape index (κ3) is 5.07. The molecule has 0 unspecified atom stereocenters. The second-order valence-corrected chi connectivity index (χ2v) is 8.67. The number of carbonyl (C=O) groups is 1. The summed E-state index contributed by atoms with van der Waals surface area (Å²) < 4.78 is 7.50. The van der Waals surface area contributed by atoms with E-state index in [2.05, 4.69) is 52.8 Å². The number of nitrogens with one attached hydrogen (secondary N) is 1. The molecule has 0 aliphatic rings. The van der Waals surface area contributed by atoms with Crippen LogP contribution in [-0.2, 0) is 17.1 Å². The average molecular weight is 442 g/mol. The van der Waals surface area contributed by atoms with Crippen molar-refractivity contribution in [3.63, 3.8) is 0 Å². The lowest BCUT2D eigenvalue weighted by Gasteiger charge is -2.07. The standard InChI is InChI=1S/C21H23N5O2S2/c1-5-26-18(11-29-16-8-6-13(2)7-9-16)24-25-21(26)30-12-19(27)23-20-17(10-22)14(3)15(4)28-20/h6-9H,5,11-12H2,1-4H3,(H,23,27). The van der Waals surface area contributed by atoms with Crippen LogP contribution in [0.2, 0.25) is 0 Å². The van der Waals surface area contributed by atoms with Crippen molar-refractivity contribution < 1.29 is 9.21 Å². The van der Waals surface area contributed by atoms with E-state index >= 15 is 0 Å². The normalized spacial score (nSPS) is 10.8. The number of thioether (sulfide) groups is 2. The highest BCUT2D eigenvalue weighted by Crippen LogP contribution is 2.27. The van der Waals surface area contributed by atoms with Gasteiger partial charge in [-0.25, -0.2) is 0 Å². The van der Waals surface area contributed by atoms with Crippen LogP contribution in [0.25, 0.3) is 0 Å². The van der Waals surface area contributed by atoms with Crippen LogP contribution >= 0.6 is 23.5 Å². The maximum absolute atomic E-state index is 12.4. The van der Waals surface area contributed by atoms with Crippen molar-refractivity contribution >= 4 is 35.3 Å². The highest BCUT2D eigenvalue weighted by molar-refractivity contribution is 7.99. The molecular formula is C21H23N5O2S2. The third-order valence-electron chi connectivity index (χ3n) is 4.58. The first-order chi connectivity index (χ1) is 14.4. The molecule has 0 radical (unpaired) electrons. The predicted octanol–water partition coefficient (Wildman–Crippen LogP) is 4.71. The van der Waals surface area contributed by atoms with E-state index in [0.717, 1.165) is 17.9 Å². The fraction of sp³-hybridized carbons (Fsp3) is 0.333. The number of nitriles is 1. The van der Waals surface area contributed by atoms with Crippen LogP contribution in [-0.4, -0.2) is 26.4 Å². The second-order valence-electron chi connectivity index (χ2n) is 6.68. The van der Waals surface area contributed by atoms with Crippen molar-refractivity contribution in [3.8, 4) is 6.07 Å². The van der Waals surface area contributed by atoms with Crippen molar-refractivity contribution in [1.82, 2.24) is 14.8 Å². The number of hydrogen-bond donors (Lipinski definition) is 1. The maximum Gasteiger partial charge on any atom is 0.237 e. The number of furan rings is 1. The number of amides is 1. The third-order valence-corrected chi connectivity index (χ3v) is 6.56. The molecule has 156 valence electrons. The lowest BCUT2D eigenvalue weighted by Crippen LogP contribution is -2.15. The van der Waals surface area contributed by atoms with Gasteiger partial charge in [0.2, 0.25) is 11.8 Å². The summed E-state index contributed by atoms with van der Waals surface area (Å²) in [6.07, 6.45) is 0. The minimum absolute atomic E-state index is 0.146. The lowest BCUT2D eigenvalue weighted by atomic mass is 10.2. The highest BCUT2D eigenvalue weighted by Gasteiger charge is 2.18. The van der Waals surface area contributed by atoms with Crippen molar-refractivity contribution in [2.75, 3.05) is 11.1 Å². The second kappa shape index (κ2) is 9.87. The molecular weight excluding hydrogens is 418 g/mol. The van der Waals surface area contributed by atoms with Crippen LogP contribution in [0, 0.1) is 32.1 Å². The van der Waals surface area contributed by atoms with E-state index in [-0.39, 0.29) is 17.5 Å². The molecule has 3 aromatic rings. The Morgan fingerprint density at radius 1 is 1.20 bits per heavy atom. The van der Waals surface area contributed by atoms with Crippen molar-refractivity contribution in [1.29, 1.82) is 5.26 Å². The molecule has 0 atom stereocenters. The summed E-state index contributed by atoms with van der Waals surface area (Å²) >= 11 is 3.02. The Morgan fingerprint density at radius 3 is 2.60 bits per heavy atom. The van der Waals surface area contributed by atoms with Gasteiger partial charge in [0.25, 0.3) is 0 Å². The first kappa shape index (κ1) is 22.0. The van der Waals surface area contributed by atoms with Gasteiger partial charge in [0.1, 0.15) is 23.2 Å². The van der Waals surface area contributed by atoms with Crippen LogP contribution in [0.5, 0.6) is 0 Å². The maximum atomic E-state index is 12.4. The van der Waals surface area contributed by atoms with E-state index < -0.39 is 0 Å². The molecule has 30 heavy (non-hydrogen) atoms. The molecule has 9 heteroatoms. The Labute approximate surface area is 184 Å². The summed E-state index contributed by atoms with van der Waals surface area (Å²) in [7, 11) is 0. The Hall–Kier alpha value is -2.70. The van der Waals surface area contributed by atoms with E-state index in [0.29, 0.717) is 22.2 Å². The molecule has 1 N–H and O–H groups in total. The van der Waals surface area contributed by atoms with Crippen molar-refractivity contribution in [2.45, 2.75) is 50.0 Å². The number of nitrogens with zero attached hydrogens (tertiary/aromatic N) is 4. The van der Waals surface area contributed by atoms with Gasteiger partial charge in [0.15, 0.2) is 5.16 Å². The molecule has 0 spiro atoms. The average Bonchev–Trinajstić information content (AvgIpc) is 3.25. The Balaban J connectivity index is 1.60. The van der Waals surface area contributed by atoms with Gasteiger partial charge in [0.05, 0.1) is 11.5 Å². The van der Waals surface area contributed by atoms with E-state index in [1.807, 2.05) is 11.5 Å². The van der Waals surface area contributed by atoms with Gasteiger partial charge in [-0.05, 0) is 39.8 Å². The summed E-state index contributed by atoms with van der Waals surface area (Å²) in [5.41, 5.74) is 2.33. The lowest BCUT2D eigenvalue weighted by molar-refractivity contribution is -0.113. The first-order valence-corrected chi connectivity index (χ1v) is 11.4. The smallest absolute Gasteiger partial charge is 0.237 e. The zero-order valence-corrected chi connectivity index (χ0v) is 19.0. The topological polar surface area (TPSA) is 96.7 Å². The van der Waals surface area contributed by atoms with Crippen LogP contribution in [0.1, 0.15) is 35.2 Å². The monoisotopic (exact) mass is 441 g/mol. The van der Waals surface area contributed by atoms with E-state index in [4.69, 9.17) is 4.42 Å². The van der Waals surface area contributed by atoms with Gasteiger partial charge in [-0.1, -0.05) is 29.5 Å². The SMILES string of the molecule is CCn1c(CSc2ccc(C)cc2)nnc1SCC(=O)Nc1oc(C)c(C)c1C#N. The Bertz CT molecular complexity index is 1080. The fourth-order valence-electron chi connectivity index (χ4n) is 2.78. The Morgan fingerprint density at radius 2 is 1.93 bits per heavy atom. The molecule has 1 amide bonds. The van der Waals surface area contributed by atoms with Gasteiger partial charge >= 0.3 is 0 Å². The molecule has 2 heterocycles. The molecule has 0 bridgehead atoms. The molecule has 2 aromatic heterocycles. The van der Waals surface area contributed by atoms with Crippen LogP contribution < -0.4 is 5.32 Å². The number of carbonyl (C=O) groups excluding carboxylic acids is 1. The molecule has 0 saturated heterocycles. The molecule has 0 fully saturated rings. The van der Waals surface area contributed by atoms with Crippen LogP contribution in [0.15, 0.2) is 38.7 Å². The molecule has 7 nitrogen and oxygen atoms in total. The number of rotatable bonds is 8. The highest BCUT2D eigenvalue weighted by atomic mass is 32.2. The van der Waals surface area contributed by atoms with Gasteiger partial charge in [-0.15, -0.1) is 22.0 Å². The molecule has 0 saturated carbocycles. The number of aromatic nitrogens is 3. The predicted molar refractivity (Wildman–Crippen MR) is 119 cm³/mol. The largest absolute Gasteiger partial charge is 0.444 e. The summed E-state index contributed by atoms with van der Waals surface area (Å²) in [6.45, 7) is 8.37. The summed E-state index contributed by atoms with van der Waals surface area (Å²) in [6, 6.07) is 10.4. The molecule has 1 aromatic carbocycles. The van der Waals surface area contributed by atoms with E-state index in [1.54, 1.807) is 25.6 Å². The molecule has 0 aliphatic heterocycles. The van der Waals surface area contributed by atoms with Gasteiger partial charge < -0.3 is 8.98 Å².